The summed E-state index contributed by atoms with van der Waals surface area (Å²) in [7, 11) is 4.38. The van der Waals surface area contributed by atoms with Crippen LogP contribution in [0.15, 0.2) is 24.3 Å². The van der Waals surface area contributed by atoms with E-state index in [0.29, 0.717) is 18.1 Å². The molecule has 3 rings (SSSR count). The van der Waals surface area contributed by atoms with Crippen LogP contribution in [0.5, 0.6) is 0 Å². The second kappa shape index (κ2) is 6.25. The summed E-state index contributed by atoms with van der Waals surface area (Å²) in [6, 6.07) is 10.5. The lowest BCUT2D eigenvalue weighted by Gasteiger charge is -2.37. The molecule has 0 spiro atoms. The Hall–Kier alpha value is -0.900. The minimum absolute atomic E-state index is 0.430. The fraction of sp³-hybridized carbons (Fsp3) is 0.647. The Morgan fingerprint density at radius 3 is 2.85 bits per heavy atom. The lowest BCUT2D eigenvalue weighted by molar-refractivity contribution is 0.109. The Morgan fingerprint density at radius 1 is 1.25 bits per heavy atom. The first-order chi connectivity index (χ1) is 9.81. The molecule has 0 bridgehead atoms. The maximum absolute atomic E-state index is 5.58. The van der Waals surface area contributed by atoms with Crippen molar-refractivity contribution in [2.75, 3.05) is 27.3 Å². The topological polar surface area (TPSA) is 24.5 Å². The van der Waals surface area contributed by atoms with Crippen molar-refractivity contribution in [2.45, 2.75) is 43.8 Å². The normalized spacial score (nSPS) is 30.2. The molecule has 1 fully saturated rings. The molecule has 3 nitrogen and oxygen atoms in total. The molecule has 1 aromatic rings. The summed E-state index contributed by atoms with van der Waals surface area (Å²) in [6.45, 7) is 1.81. The van der Waals surface area contributed by atoms with E-state index in [1.54, 1.807) is 0 Å². The summed E-state index contributed by atoms with van der Waals surface area (Å²) in [5.41, 5.74) is 3.01. The molecular weight excluding hydrogens is 248 g/mol. The fourth-order valence-electron chi connectivity index (χ4n) is 3.84. The molecule has 0 aromatic heterocycles. The molecule has 0 radical (unpaired) electrons. The number of ether oxygens (including phenoxy) is 1. The van der Waals surface area contributed by atoms with Gasteiger partial charge < -0.3 is 10.1 Å². The van der Waals surface area contributed by atoms with Crippen molar-refractivity contribution < 1.29 is 4.74 Å². The number of nitrogens with one attached hydrogen (secondary N) is 1. The highest BCUT2D eigenvalue weighted by atomic mass is 16.5. The number of rotatable bonds is 3. The number of hydrogen-bond donors (Lipinski definition) is 1. The van der Waals surface area contributed by atoms with Crippen molar-refractivity contribution in [1.29, 1.82) is 0 Å². The Labute approximate surface area is 122 Å². The van der Waals surface area contributed by atoms with E-state index in [1.807, 2.05) is 0 Å². The zero-order valence-electron chi connectivity index (χ0n) is 12.6. The van der Waals surface area contributed by atoms with Gasteiger partial charge in [0.2, 0.25) is 0 Å². The minimum Gasteiger partial charge on any atom is -0.380 e. The molecule has 3 heteroatoms. The molecule has 20 heavy (non-hydrogen) atoms. The van der Waals surface area contributed by atoms with E-state index in [1.165, 1.54) is 36.8 Å². The molecular formula is C17H26N2O. The molecule has 1 saturated heterocycles. The fourth-order valence-corrected chi connectivity index (χ4v) is 3.84. The van der Waals surface area contributed by atoms with Gasteiger partial charge in [-0.25, -0.2) is 0 Å². The molecule has 1 aromatic carbocycles. The summed E-state index contributed by atoms with van der Waals surface area (Å²) in [5.74, 6) is 0. The van der Waals surface area contributed by atoms with Gasteiger partial charge in [0.25, 0.3) is 0 Å². The number of fused-ring (bicyclic) bond motifs is 1. The van der Waals surface area contributed by atoms with E-state index in [-0.39, 0.29) is 0 Å². The van der Waals surface area contributed by atoms with E-state index in [4.69, 9.17) is 4.74 Å². The van der Waals surface area contributed by atoms with Crippen LogP contribution < -0.4 is 5.32 Å². The predicted octanol–water partition coefficient (Wildman–Crippen LogP) is 2.37. The highest BCUT2D eigenvalue weighted by Crippen LogP contribution is 2.32. The molecule has 1 heterocycles. The van der Waals surface area contributed by atoms with Crippen molar-refractivity contribution in [1.82, 2.24) is 10.2 Å². The number of hydrogen-bond acceptors (Lipinski definition) is 3. The summed E-state index contributed by atoms with van der Waals surface area (Å²) in [6.07, 6.45) is 4.91. The summed E-state index contributed by atoms with van der Waals surface area (Å²) in [4.78, 5) is 2.57. The van der Waals surface area contributed by atoms with E-state index in [9.17, 15) is 0 Å². The van der Waals surface area contributed by atoms with Gasteiger partial charge in [0.05, 0.1) is 6.61 Å². The summed E-state index contributed by atoms with van der Waals surface area (Å²) >= 11 is 0. The van der Waals surface area contributed by atoms with Crippen LogP contribution in [0.4, 0.5) is 0 Å². The SMILES string of the molecule is CNC1c2ccccc2CCCC1N(C)C1CCOC1. The summed E-state index contributed by atoms with van der Waals surface area (Å²) < 4.78 is 5.58. The summed E-state index contributed by atoms with van der Waals surface area (Å²) in [5, 5.41) is 3.57. The molecule has 1 N–H and O–H groups in total. The van der Waals surface area contributed by atoms with Crippen molar-refractivity contribution >= 4 is 0 Å². The first-order valence-corrected chi connectivity index (χ1v) is 7.86. The van der Waals surface area contributed by atoms with Gasteiger partial charge in [0, 0.05) is 24.7 Å². The first kappa shape index (κ1) is 14.1. The van der Waals surface area contributed by atoms with Crippen LogP contribution in [-0.2, 0) is 11.2 Å². The van der Waals surface area contributed by atoms with Crippen LogP contribution in [0, 0.1) is 0 Å². The lowest BCUT2D eigenvalue weighted by atomic mass is 9.94. The molecule has 1 aliphatic carbocycles. The lowest BCUT2D eigenvalue weighted by Crippen LogP contribution is -2.46. The van der Waals surface area contributed by atoms with Crippen molar-refractivity contribution in [3.05, 3.63) is 35.4 Å². The van der Waals surface area contributed by atoms with Crippen LogP contribution in [0.2, 0.25) is 0 Å². The number of aryl methyl sites for hydroxylation is 1. The highest BCUT2D eigenvalue weighted by Gasteiger charge is 2.33. The van der Waals surface area contributed by atoms with E-state index < -0.39 is 0 Å². The van der Waals surface area contributed by atoms with Gasteiger partial charge in [-0.15, -0.1) is 0 Å². The van der Waals surface area contributed by atoms with Crippen LogP contribution in [0.25, 0.3) is 0 Å². The maximum Gasteiger partial charge on any atom is 0.0622 e. The van der Waals surface area contributed by atoms with Crippen molar-refractivity contribution in [2.24, 2.45) is 0 Å². The van der Waals surface area contributed by atoms with E-state index in [2.05, 4.69) is 48.6 Å². The second-order valence-electron chi connectivity index (χ2n) is 6.11. The van der Waals surface area contributed by atoms with Gasteiger partial charge in [-0.3, -0.25) is 4.90 Å². The third-order valence-corrected chi connectivity index (χ3v) is 5.04. The predicted molar refractivity (Wildman–Crippen MR) is 82.0 cm³/mol. The Morgan fingerprint density at radius 2 is 2.10 bits per heavy atom. The van der Waals surface area contributed by atoms with Crippen molar-refractivity contribution in [3.63, 3.8) is 0 Å². The van der Waals surface area contributed by atoms with Gasteiger partial charge in [-0.1, -0.05) is 24.3 Å². The van der Waals surface area contributed by atoms with Crippen LogP contribution in [-0.4, -0.2) is 44.3 Å². The van der Waals surface area contributed by atoms with Crippen LogP contribution in [0.1, 0.15) is 36.4 Å². The largest absolute Gasteiger partial charge is 0.380 e. The quantitative estimate of drug-likeness (QED) is 0.857. The molecule has 0 saturated carbocycles. The number of nitrogens with zero attached hydrogens (tertiary/aromatic N) is 1. The third kappa shape index (κ3) is 2.62. The Balaban J connectivity index is 1.86. The minimum atomic E-state index is 0.430. The van der Waals surface area contributed by atoms with Gasteiger partial charge in [-0.2, -0.15) is 0 Å². The monoisotopic (exact) mass is 274 g/mol. The zero-order chi connectivity index (χ0) is 13.9. The van der Waals surface area contributed by atoms with E-state index in [0.717, 1.165) is 13.2 Å². The highest BCUT2D eigenvalue weighted by molar-refractivity contribution is 5.32. The molecule has 110 valence electrons. The molecule has 3 atom stereocenters. The Kier molecular flexibility index (Phi) is 4.39. The molecule has 3 unspecified atom stereocenters. The number of likely N-dealkylation sites (N-methyl/N-ethyl adjacent to an activating group) is 2. The van der Waals surface area contributed by atoms with Gasteiger partial charge in [0.15, 0.2) is 0 Å². The standard InChI is InChI=1S/C17H26N2O/c1-18-17-15-8-4-3-6-13(15)7-5-9-16(17)19(2)14-10-11-20-12-14/h3-4,6,8,14,16-18H,5,7,9-12H2,1-2H3. The van der Waals surface area contributed by atoms with Gasteiger partial charge >= 0.3 is 0 Å². The number of benzene rings is 1. The van der Waals surface area contributed by atoms with E-state index >= 15 is 0 Å². The molecule has 1 aliphatic heterocycles. The average Bonchev–Trinajstić information content (AvgIpc) is 2.94. The zero-order valence-corrected chi connectivity index (χ0v) is 12.6. The van der Waals surface area contributed by atoms with Crippen molar-refractivity contribution in [3.8, 4) is 0 Å². The smallest absolute Gasteiger partial charge is 0.0622 e. The second-order valence-corrected chi connectivity index (χ2v) is 6.11. The maximum atomic E-state index is 5.58. The average molecular weight is 274 g/mol. The van der Waals surface area contributed by atoms with Gasteiger partial charge in [-0.05, 0) is 50.9 Å². The van der Waals surface area contributed by atoms with Crippen LogP contribution >= 0.6 is 0 Å². The third-order valence-electron chi connectivity index (χ3n) is 5.04. The molecule has 0 amide bonds. The van der Waals surface area contributed by atoms with Gasteiger partial charge in [0.1, 0.15) is 0 Å². The molecule has 2 aliphatic rings. The van der Waals surface area contributed by atoms with Crippen LogP contribution in [0.3, 0.4) is 0 Å². The first-order valence-electron chi connectivity index (χ1n) is 7.86. The Bertz CT molecular complexity index is 442.